The van der Waals surface area contributed by atoms with Crippen LogP contribution in [-0.2, 0) is 0 Å². The molecule has 0 radical (unpaired) electrons. The van der Waals surface area contributed by atoms with Gasteiger partial charge in [0.05, 0.1) is 10.6 Å². The Hall–Kier alpha value is -2.07. The summed E-state index contributed by atoms with van der Waals surface area (Å²) < 4.78 is 0. The minimum Gasteiger partial charge on any atom is -0.385 e. The number of carbonyl (C=O) groups is 1. The number of anilines is 1. The molecule has 4 nitrogen and oxygen atoms in total. The summed E-state index contributed by atoms with van der Waals surface area (Å²) in [6.07, 6.45) is 3.92. The topological polar surface area (TPSA) is 45.2 Å². The molecule has 0 fully saturated rings. The van der Waals surface area contributed by atoms with Gasteiger partial charge in [-0.25, -0.2) is 0 Å². The minimum atomic E-state index is -0.0814. The number of benzene rings is 1. The van der Waals surface area contributed by atoms with Crippen molar-refractivity contribution in [3.8, 4) is 0 Å². The summed E-state index contributed by atoms with van der Waals surface area (Å²) in [6.45, 7) is 1.48. The zero-order valence-electron chi connectivity index (χ0n) is 11.9. The maximum absolute atomic E-state index is 12.2. The van der Waals surface area contributed by atoms with Gasteiger partial charge in [0, 0.05) is 38.2 Å². The summed E-state index contributed by atoms with van der Waals surface area (Å²) >= 11 is 5.98. The van der Waals surface area contributed by atoms with Crippen molar-refractivity contribution in [2.24, 2.45) is 0 Å². The predicted molar refractivity (Wildman–Crippen MR) is 85.8 cm³/mol. The Morgan fingerprint density at radius 3 is 2.76 bits per heavy atom. The Kier molecular flexibility index (Phi) is 5.58. The van der Waals surface area contributed by atoms with Crippen molar-refractivity contribution in [1.29, 1.82) is 0 Å². The molecule has 0 unspecified atom stereocenters. The van der Waals surface area contributed by atoms with Crippen molar-refractivity contribution in [3.63, 3.8) is 0 Å². The first-order valence-corrected chi connectivity index (χ1v) is 7.20. The minimum absolute atomic E-state index is 0.0814. The lowest BCUT2D eigenvalue weighted by atomic mass is 10.2. The van der Waals surface area contributed by atoms with E-state index in [9.17, 15) is 4.79 Å². The molecule has 0 saturated carbocycles. The van der Waals surface area contributed by atoms with Gasteiger partial charge in [0.25, 0.3) is 5.91 Å². The third kappa shape index (κ3) is 4.46. The SMILES string of the molecule is CN(CCCNc1ccccc1)C(=O)c1ccncc1Cl. The van der Waals surface area contributed by atoms with E-state index in [1.165, 1.54) is 6.20 Å². The molecular formula is C16H18ClN3O. The summed E-state index contributed by atoms with van der Waals surface area (Å²) in [6, 6.07) is 11.6. The van der Waals surface area contributed by atoms with Crippen LogP contribution in [0.2, 0.25) is 5.02 Å². The molecule has 110 valence electrons. The van der Waals surface area contributed by atoms with Crippen LogP contribution < -0.4 is 5.32 Å². The third-order valence-electron chi connectivity index (χ3n) is 3.12. The highest BCUT2D eigenvalue weighted by Crippen LogP contribution is 2.15. The molecule has 0 aliphatic heterocycles. The van der Waals surface area contributed by atoms with Crippen molar-refractivity contribution in [2.75, 3.05) is 25.5 Å². The van der Waals surface area contributed by atoms with Crippen molar-refractivity contribution in [1.82, 2.24) is 9.88 Å². The van der Waals surface area contributed by atoms with Gasteiger partial charge in [0.15, 0.2) is 0 Å². The number of amides is 1. The van der Waals surface area contributed by atoms with Crippen LogP contribution in [0.15, 0.2) is 48.8 Å². The number of rotatable bonds is 6. The highest BCUT2D eigenvalue weighted by atomic mass is 35.5. The summed E-state index contributed by atoms with van der Waals surface area (Å²) in [5, 5.41) is 3.70. The van der Waals surface area contributed by atoms with Gasteiger partial charge in [0.2, 0.25) is 0 Å². The molecule has 0 spiro atoms. The molecule has 2 rings (SSSR count). The normalized spacial score (nSPS) is 10.2. The average molecular weight is 304 g/mol. The Morgan fingerprint density at radius 1 is 1.29 bits per heavy atom. The largest absolute Gasteiger partial charge is 0.385 e. The third-order valence-corrected chi connectivity index (χ3v) is 3.42. The summed E-state index contributed by atoms with van der Waals surface area (Å²) in [7, 11) is 1.78. The van der Waals surface area contributed by atoms with Gasteiger partial charge in [-0.3, -0.25) is 9.78 Å². The van der Waals surface area contributed by atoms with E-state index in [-0.39, 0.29) is 5.91 Å². The Bertz CT molecular complexity index is 589. The molecule has 0 aliphatic rings. The van der Waals surface area contributed by atoms with E-state index < -0.39 is 0 Å². The number of aromatic nitrogens is 1. The molecule has 5 heteroatoms. The van der Waals surface area contributed by atoms with Crippen molar-refractivity contribution in [2.45, 2.75) is 6.42 Å². The number of halogens is 1. The van der Waals surface area contributed by atoms with E-state index in [1.807, 2.05) is 30.3 Å². The molecule has 1 aromatic carbocycles. The van der Waals surface area contributed by atoms with Crippen LogP contribution in [0.5, 0.6) is 0 Å². The highest BCUT2D eigenvalue weighted by molar-refractivity contribution is 6.33. The Balaban J connectivity index is 1.78. The summed E-state index contributed by atoms with van der Waals surface area (Å²) in [5.74, 6) is -0.0814. The molecule has 1 amide bonds. The van der Waals surface area contributed by atoms with Crippen molar-refractivity contribution >= 4 is 23.2 Å². The van der Waals surface area contributed by atoms with Crippen LogP contribution in [0.4, 0.5) is 5.69 Å². The first-order chi connectivity index (χ1) is 10.2. The van der Waals surface area contributed by atoms with Crippen LogP contribution in [0.3, 0.4) is 0 Å². The number of nitrogens with zero attached hydrogens (tertiary/aromatic N) is 2. The average Bonchev–Trinajstić information content (AvgIpc) is 2.52. The molecular weight excluding hydrogens is 286 g/mol. The van der Waals surface area contributed by atoms with Gasteiger partial charge >= 0.3 is 0 Å². The highest BCUT2D eigenvalue weighted by Gasteiger charge is 2.14. The van der Waals surface area contributed by atoms with Gasteiger partial charge in [-0.15, -0.1) is 0 Å². The lowest BCUT2D eigenvalue weighted by Gasteiger charge is -2.18. The smallest absolute Gasteiger partial charge is 0.255 e. The second kappa shape index (κ2) is 7.64. The van der Waals surface area contributed by atoms with E-state index >= 15 is 0 Å². The Morgan fingerprint density at radius 2 is 2.05 bits per heavy atom. The van der Waals surface area contributed by atoms with E-state index in [0.717, 1.165) is 18.7 Å². The van der Waals surface area contributed by atoms with Crippen LogP contribution in [0.1, 0.15) is 16.8 Å². The van der Waals surface area contributed by atoms with Crippen LogP contribution in [-0.4, -0.2) is 35.9 Å². The molecule has 0 atom stereocenters. The molecule has 1 heterocycles. The zero-order chi connectivity index (χ0) is 15.1. The molecule has 21 heavy (non-hydrogen) atoms. The van der Waals surface area contributed by atoms with Crippen LogP contribution in [0, 0.1) is 0 Å². The van der Waals surface area contributed by atoms with Gasteiger partial charge < -0.3 is 10.2 Å². The Labute approximate surface area is 129 Å². The molecule has 0 aliphatic carbocycles. The van der Waals surface area contributed by atoms with Gasteiger partial charge in [-0.1, -0.05) is 29.8 Å². The van der Waals surface area contributed by atoms with E-state index in [4.69, 9.17) is 11.6 Å². The fraction of sp³-hybridized carbons (Fsp3) is 0.250. The molecule has 0 saturated heterocycles. The molecule has 0 bridgehead atoms. The number of pyridine rings is 1. The van der Waals surface area contributed by atoms with Crippen molar-refractivity contribution < 1.29 is 4.79 Å². The maximum atomic E-state index is 12.2. The van der Waals surface area contributed by atoms with E-state index in [0.29, 0.717) is 17.1 Å². The predicted octanol–water partition coefficient (Wildman–Crippen LogP) is 3.31. The number of nitrogens with one attached hydrogen (secondary N) is 1. The van der Waals surface area contributed by atoms with Crippen LogP contribution in [0.25, 0.3) is 0 Å². The van der Waals surface area contributed by atoms with E-state index in [1.54, 1.807) is 24.2 Å². The summed E-state index contributed by atoms with van der Waals surface area (Å²) in [4.78, 5) is 17.8. The van der Waals surface area contributed by atoms with Gasteiger partial charge in [-0.2, -0.15) is 0 Å². The van der Waals surface area contributed by atoms with Gasteiger partial charge in [0.1, 0.15) is 0 Å². The first kappa shape index (κ1) is 15.3. The second-order valence-electron chi connectivity index (χ2n) is 4.73. The lowest BCUT2D eigenvalue weighted by Crippen LogP contribution is -2.29. The lowest BCUT2D eigenvalue weighted by molar-refractivity contribution is 0.0795. The van der Waals surface area contributed by atoms with Gasteiger partial charge in [-0.05, 0) is 24.6 Å². The van der Waals surface area contributed by atoms with E-state index in [2.05, 4.69) is 10.3 Å². The van der Waals surface area contributed by atoms with Crippen LogP contribution >= 0.6 is 11.6 Å². The number of hydrogen-bond acceptors (Lipinski definition) is 3. The fourth-order valence-electron chi connectivity index (χ4n) is 1.96. The quantitative estimate of drug-likeness (QED) is 0.833. The second-order valence-corrected chi connectivity index (χ2v) is 5.14. The standard InChI is InChI=1S/C16H18ClN3O/c1-20(16(21)14-8-10-18-12-15(14)17)11-5-9-19-13-6-3-2-4-7-13/h2-4,6-8,10,12,19H,5,9,11H2,1H3. The zero-order valence-corrected chi connectivity index (χ0v) is 12.7. The fourth-order valence-corrected chi connectivity index (χ4v) is 2.16. The molecule has 2 aromatic rings. The monoisotopic (exact) mass is 303 g/mol. The molecule has 1 aromatic heterocycles. The number of para-hydroxylation sites is 1. The first-order valence-electron chi connectivity index (χ1n) is 6.82. The number of carbonyl (C=O) groups excluding carboxylic acids is 1. The maximum Gasteiger partial charge on any atom is 0.255 e. The summed E-state index contributed by atoms with van der Waals surface area (Å²) in [5.41, 5.74) is 1.58. The number of hydrogen-bond donors (Lipinski definition) is 1. The molecule has 1 N–H and O–H groups in total. The van der Waals surface area contributed by atoms with Crippen molar-refractivity contribution in [3.05, 3.63) is 59.4 Å².